The summed E-state index contributed by atoms with van der Waals surface area (Å²) in [6.45, 7) is 7.15. The molecule has 0 aromatic carbocycles. The molecule has 0 N–H and O–H groups in total. The van der Waals surface area contributed by atoms with Gasteiger partial charge in [0.25, 0.3) is 0 Å². The Labute approximate surface area is 96.1 Å². The van der Waals surface area contributed by atoms with Crippen molar-refractivity contribution in [2.45, 2.75) is 46.1 Å². The molecule has 0 unspecified atom stereocenters. The van der Waals surface area contributed by atoms with Gasteiger partial charge in [-0.05, 0) is 27.2 Å². The third-order valence-electron chi connectivity index (χ3n) is 1.82. The Morgan fingerprint density at radius 1 is 1.12 bits per heavy atom. The lowest BCUT2D eigenvalue weighted by molar-refractivity contribution is -0.163. The molecule has 0 radical (unpaired) electrons. The topological polar surface area (TPSA) is 61.8 Å². The van der Waals surface area contributed by atoms with Gasteiger partial charge in [-0.15, -0.1) is 0 Å². The number of rotatable bonds is 6. The molecule has 0 aliphatic rings. The van der Waals surface area contributed by atoms with Crippen molar-refractivity contribution in [3.63, 3.8) is 0 Å². The van der Waals surface area contributed by atoms with Crippen molar-refractivity contribution < 1.29 is 23.8 Å². The Kier molecular flexibility index (Phi) is 6.53. The van der Waals surface area contributed by atoms with Gasteiger partial charge in [0.05, 0.1) is 13.2 Å². The van der Waals surface area contributed by atoms with E-state index in [9.17, 15) is 9.59 Å². The molecular formula is C11H20O5. The van der Waals surface area contributed by atoms with E-state index < -0.39 is 17.7 Å². The zero-order chi connectivity index (χ0) is 12.6. The van der Waals surface area contributed by atoms with Crippen molar-refractivity contribution >= 4 is 12.1 Å². The summed E-state index contributed by atoms with van der Waals surface area (Å²) in [5, 5.41) is 0. The first-order chi connectivity index (χ1) is 7.44. The molecule has 0 fully saturated rings. The summed E-state index contributed by atoms with van der Waals surface area (Å²) in [7, 11) is 0. The SMILES string of the molecule is CCCCOC(=O)OC(C)(C)C(=O)OCC. The average Bonchev–Trinajstić information content (AvgIpc) is 2.17. The molecule has 0 spiro atoms. The van der Waals surface area contributed by atoms with Crippen LogP contribution in [0.3, 0.4) is 0 Å². The Morgan fingerprint density at radius 2 is 1.75 bits per heavy atom. The average molecular weight is 232 g/mol. The second kappa shape index (κ2) is 7.09. The van der Waals surface area contributed by atoms with Crippen LogP contribution in [-0.4, -0.2) is 30.9 Å². The molecule has 0 atom stereocenters. The number of carbonyl (C=O) groups is 2. The largest absolute Gasteiger partial charge is 0.509 e. The lowest BCUT2D eigenvalue weighted by Gasteiger charge is -2.21. The standard InChI is InChI=1S/C11H20O5/c1-5-7-8-15-10(13)16-11(3,4)9(12)14-6-2/h5-8H2,1-4H3. The molecule has 5 nitrogen and oxygen atoms in total. The summed E-state index contributed by atoms with van der Waals surface area (Å²) < 4.78 is 14.4. The lowest BCUT2D eigenvalue weighted by Crippen LogP contribution is -2.39. The maximum Gasteiger partial charge on any atom is 0.509 e. The Hall–Kier alpha value is -1.26. The van der Waals surface area contributed by atoms with E-state index in [1.165, 1.54) is 13.8 Å². The summed E-state index contributed by atoms with van der Waals surface area (Å²) in [5.74, 6) is -0.581. The first-order valence-electron chi connectivity index (χ1n) is 5.47. The summed E-state index contributed by atoms with van der Waals surface area (Å²) in [5.41, 5.74) is -1.31. The molecular weight excluding hydrogens is 212 g/mol. The molecule has 0 saturated carbocycles. The number of esters is 1. The van der Waals surface area contributed by atoms with Gasteiger partial charge in [0, 0.05) is 0 Å². The van der Waals surface area contributed by atoms with Crippen molar-refractivity contribution in [3.8, 4) is 0 Å². The van der Waals surface area contributed by atoms with Crippen LogP contribution in [0.25, 0.3) is 0 Å². The molecule has 0 heterocycles. The van der Waals surface area contributed by atoms with Gasteiger partial charge < -0.3 is 14.2 Å². The third-order valence-corrected chi connectivity index (χ3v) is 1.82. The van der Waals surface area contributed by atoms with Gasteiger partial charge in [0.15, 0.2) is 0 Å². The van der Waals surface area contributed by atoms with Gasteiger partial charge in [0.1, 0.15) is 0 Å². The van der Waals surface area contributed by atoms with Gasteiger partial charge in [-0.25, -0.2) is 9.59 Å². The molecule has 0 amide bonds. The highest BCUT2D eigenvalue weighted by Crippen LogP contribution is 2.13. The van der Waals surface area contributed by atoms with Crippen molar-refractivity contribution in [3.05, 3.63) is 0 Å². The number of unbranched alkanes of at least 4 members (excludes halogenated alkanes) is 1. The van der Waals surface area contributed by atoms with Crippen LogP contribution in [0.15, 0.2) is 0 Å². The summed E-state index contributed by atoms with van der Waals surface area (Å²) in [6, 6.07) is 0. The van der Waals surface area contributed by atoms with E-state index in [0.717, 1.165) is 12.8 Å². The van der Waals surface area contributed by atoms with Gasteiger partial charge >= 0.3 is 12.1 Å². The van der Waals surface area contributed by atoms with Crippen molar-refractivity contribution in [1.29, 1.82) is 0 Å². The zero-order valence-corrected chi connectivity index (χ0v) is 10.4. The third kappa shape index (κ3) is 5.58. The van der Waals surface area contributed by atoms with Crippen LogP contribution >= 0.6 is 0 Å². The van der Waals surface area contributed by atoms with Gasteiger partial charge in [0.2, 0.25) is 5.60 Å². The molecule has 0 bridgehead atoms. The van der Waals surface area contributed by atoms with Crippen molar-refractivity contribution in [2.75, 3.05) is 13.2 Å². The molecule has 0 aliphatic carbocycles. The van der Waals surface area contributed by atoms with Crippen LogP contribution in [0, 0.1) is 0 Å². The van der Waals surface area contributed by atoms with E-state index in [1.807, 2.05) is 6.92 Å². The molecule has 16 heavy (non-hydrogen) atoms. The molecule has 0 aromatic heterocycles. The molecule has 5 heteroatoms. The molecule has 0 aromatic rings. The number of hydrogen-bond acceptors (Lipinski definition) is 5. The van der Waals surface area contributed by atoms with E-state index in [1.54, 1.807) is 6.92 Å². The summed E-state index contributed by atoms with van der Waals surface area (Å²) in [4.78, 5) is 22.6. The first-order valence-corrected chi connectivity index (χ1v) is 5.47. The van der Waals surface area contributed by atoms with Crippen LogP contribution in [0.2, 0.25) is 0 Å². The normalized spacial score (nSPS) is 10.8. The fourth-order valence-corrected chi connectivity index (χ4v) is 0.884. The highest BCUT2D eigenvalue weighted by Gasteiger charge is 2.34. The Bertz CT molecular complexity index is 235. The predicted molar refractivity (Wildman–Crippen MR) is 58.1 cm³/mol. The first kappa shape index (κ1) is 14.7. The molecule has 0 aliphatic heterocycles. The van der Waals surface area contributed by atoms with Crippen molar-refractivity contribution in [2.24, 2.45) is 0 Å². The minimum absolute atomic E-state index is 0.247. The molecule has 94 valence electrons. The van der Waals surface area contributed by atoms with E-state index in [4.69, 9.17) is 14.2 Å². The quantitative estimate of drug-likeness (QED) is 0.519. The van der Waals surface area contributed by atoms with Crippen LogP contribution in [0.1, 0.15) is 40.5 Å². The maximum atomic E-state index is 11.4. The van der Waals surface area contributed by atoms with E-state index in [0.29, 0.717) is 6.61 Å². The summed E-state index contributed by atoms with van der Waals surface area (Å²) >= 11 is 0. The van der Waals surface area contributed by atoms with Crippen molar-refractivity contribution in [1.82, 2.24) is 0 Å². The smallest absolute Gasteiger partial charge is 0.463 e. The maximum absolute atomic E-state index is 11.4. The van der Waals surface area contributed by atoms with Gasteiger partial charge in [-0.1, -0.05) is 13.3 Å². The number of carbonyl (C=O) groups excluding carboxylic acids is 2. The van der Waals surface area contributed by atoms with E-state index >= 15 is 0 Å². The monoisotopic (exact) mass is 232 g/mol. The van der Waals surface area contributed by atoms with E-state index in [2.05, 4.69) is 0 Å². The fourth-order valence-electron chi connectivity index (χ4n) is 0.884. The van der Waals surface area contributed by atoms with Crippen LogP contribution in [0.5, 0.6) is 0 Å². The lowest BCUT2D eigenvalue weighted by atomic mass is 10.1. The zero-order valence-electron chi connectivity index (χ0n) is 10.4. The highest BCUT2D eigenvalue weighted by atomic mass is 16.7. The summed E-state index contributed by atoms with van der Waals surface area (Å²) in [6.07, 6.45) is 0.857. The van der Waals surface area contributed by atoms with Gasteiger partial charge in [-0.2, -0.15) is 0 Å². The number of ether oxygens (including phenoxy) is 3. The Balaban J connectivity index is 4.04. The number of hydrogen-bond donors (Lipinski definition) is 0. The van der Waals surface area contributed by atoms with Crippen LogP contribution in [-0.2, 0) is 19.0 Å². The van der Waals surface area contributed by atoms with Crippen LogP contribution < -0.4 is 0 Å². The predicted octanol–water partition coefficient (Wildman–Crippen LogP) is 2.28. The van der Waals surface area contributed by atoms with E-state index in [-0.39, 0.29) is 6.61 Å². The van der Waals surface area contributed by atoms with Gasteiger partial charge in [-0.3, -0.25) is 0 Å². The molecule has 0 rings (SSSR count). The minimum atomic E-state index is -1.31. The highest BCUT2D eigenvalue weighted by molar-refractivity contribution is 5.81. The Morgan fingerprint density at radius 3 is 2.25 bits per heavy atom. The molecule has 0 saturated heterocycles. The second-order valence-electron chi connectivity index (χ2n) is 3.78. The second-order valence-corrected chi connectivity index (χ2v) is 3.78. The minimum Gasteiger partial charge on any atom is -0.463 e. The fraction of sp³-hybridized carbons (Fsp3) is 0.818. The van der Waals surface area contributed by atoms with Crippen LogP contribution in [0.4, 0.5) is 4.79 Å².